The predicted octanol–water partition coefficient (Wildman–Crippen LogP) is 3.09. The van der Waals surface area contributed by atoms with Crippen molar-refractivity contribution >= 4 is 0 Å². The van der Waals surface area contributed by atoms with Crippen LogP contribution in [-0.2, 0) is 6.42 Å². The van der Waals surface area contributed by atoms with E-state index in [-0.39, 0.29) is 11.5 Å². The molecule has 4 nitrogen and oxygen atoms in total. The van der Waals surface area contributed by atoms with Crippen LogP contribution in [0.3, 0.4) is 0 Å². The highest BCUT2D eigenvalue weighted by atomic mass is 16.5. The topological polar surface area (TPSA) is 51.2 Å². The molecule has 0 amide bonds. The molecular formula is C15H20N2O2. The van der Waals surface area contributed by atoms with Gasteiger partial charge in [0, 0.05) is 23.0 Å². The van der Waals surface area contributed by atoms with Gasteiger partial charge in [0.05, 0.1) is 6.10 Å². The van der Waals surface area contributed by atoms with E-state index in [1.807, 2.05) is 19.9 Å². The Kier molecular flexibility index (Phi) is 2.61. The Morgan fingerprint density at radius 1 is 1.37 bits per heavy atom. The third-order valence-corrected chi connectivity index (χ3v) is 3.92. The molecular weight excluding hydrogens is 240 g/mol. The molecule has 0 saturated heterocycles. The summed E-state index contributed by atoms with van der Waals surface area (Å²) in [5.41, 5.74) is 3.40. The number of hydrogen-bond acceptors (Lipinski definition) is 3. The van der Waals surface area contributed by atoms with Gasteiger partial charge in [0.1, 0.15) is 5.76 Å². The van der Waals surface area contributed by atoms with Gasteiger partial charge in [-0.05, 0) is 38.2 Å². The lowest BCUT2D eigenvalue weighted by Crippen LogP contribution is -2.26. The molecule has 4 heteroatoms. The maximum absolute atomic E-state index is 10.3. The maximum Gasteiger partial charge on any atom is 0.180 e. The van der Waals surface area contributed by atoms with Crippen LogP contribution in [0.1, 0.15) is 49.1 Å². The highest BCUT2D eigenvalue weighted by molar-refractivity contribution is 5.40. The number of rotatable bonds is 1. The van der Waals surface area contributed by atoms with Crippen molar-refractivity contribution in [3.8, 4) is 5.82 Å². The van der Waals surface area contributed by atoms with Crippen LogP contribution in [0.5, 0.6) is 0 Å². The van der Waals surface area contributed by atoms with Crippen LogP contribution in [0.4, 0.5) is 0 Å². The van der Waals surface area contributed by atoms with Crippen molar-refractivity contribution in [1.82, 2.24) is 9.72 Å². The molecule has 2 aromatic heterocycles. The van der Waals surface area contributed by atoms with Gasteiger partial charge < -0.3 is 9.63 Å². The second-order valence-corrected chi connectivity index (χ2v) is 6.38. The van der Waals surface area contributed by atoms with Gasteiger partial charge in [0.2, 0.25) is 0 Å². The van der Waals surface area contributed by atoms with Crippen molar-refractivity contribution in [2.24, 2.45) is 5.41 Å². The van der Waals surface area contributed by atoms with E-state index in [4.69, 9.17) is 4.52 Å². The largest absolute Gasteiger partial charge is 0.388 e. The Bertz CT molecular complexity index is 622. The quantitative estimate of drug-likeness (QED) is 0.857. The number of nitrogens with zero attached hydrogens (tertiary/aromatic N) is 2. The molecule has 1 aliphatic rings. The number of aliphatic hydroxyl groups excluding tert-OH is 1. The molecule has 0 aliphatic heterocycles. The minimum absolute atomic E-state index is 0.105. The molecule has 1 aliphatic carbocycles. The van der Waals surface area contributed by atoms with Gasteiger partial charge in [0.25, 0.3) is 0 Å². The van der Waals surface area contributed by atoms with Gasteiger partial charge in [-0.1, -0.05) is 19.0 Å². The Hall–Kier alpha value is -1.55. The SMILES string of the molecule is Cc1cc(-n2c(C)cc3c2CC(C)(C)CC3O)no1. The minimum Gasteiger partial charge on any atom is -0.388 e. The molecule has 1 N–H and O–H groups in total. The van der Waals surface area contributed by atoms with E-state index in [2.05, 4.69) is 29.6 Å². The van der Waals surface area contributed by atoms with Crippen LogP contribution in [-0.4, -0.2) is 14.8 Å². The second kappa shape index (κ2) is 3.97. The summed E-state index contributed by atoms with van der Waals surface area (Å²) in [6.07, 6.45) is 1.37. The normalized spacial score (nSPS) is 21.4. The third kappa shape index (κ3) is 2.00. The van der Waals surface area contributed by atoms with Gasteiger partial charge in [-0.3, -0.25) is 4.57 Å². The molecule has 0 spiro atoms. The number of hydrogen-bond donors (Lipinski definition) is 1. The molecule has 2 heterocycles. The van der Waals surface area contributed by atoms with E-state index in [9.17, 15) is 5.11 Å². The van der Waals surface area contributed by atoms with Crippen molar-refractivity contribution in [2.45, 2.75) is 46.6 Å². The van der Waals surface area contributed by atoms with Crippen LogP contribution in [0, 0.1) is 19.3 Å². The van der Waals surface area contributed by atoms with Crippen molar-refractivity contribution in [3.05, 3.63) is 34.8 Å². The molecule has 102 valence electrons. The highest BCUT2D eigenvalue weighted by Crippen LogP contribution is 2.42. The van der Waals surface area contributed by atoms with Crippen LogP contribution >= 0.6 is 0 Å². The number of fused-ring (bicyclic) bond motifs is 1. The summed E-state index contributed by atoms with van der Waals surface area (Å²) in [4.78, 5) is 0. The molecule has 0 aromatic carbocycles. The zero-order chi connectivity index (χ0) is 13.8. The Morgan fingerprint density at radius 2 is 2.11 bits per heavy atom. The zero-order valence-corrected chi connectivity index (χ0v) is 11.9. The fraction of sp³-hybridized carbons (Fsp3) is 0.533. The summed E-state index contributed by atoms with van der Waals surface area (Å²) >= 11 is 0. The fourth-order valence-electron chi connectivity index (χ4n) is 3.12. The summed E-state index contributed by atoms with van der Waals surface area (Å²) in [5, 5.41) is 14.4. The first-order valence-electron chi connectivity index (χ1n) is 6.70. The zero-order valence-electron chi connectivity index (χ0n) is 11.9. The van der Waals surface area contributed by atoms with E-state index >= 15 is 0 Å². The summed E-state index contributed by atoms with van der Waals surface area (Å²) in [6.45, 7) is 8.32. The Balaban J connectivity index is 2.17. The van der Waals surface area contributed by atoms with E-state index in [0.29, 0.717) is 0 Å². The van der Waals surface area contributed by atoms with Crippen LogP contribution in [0.15, 0.2) is 16.7 Å². The molecule has 0 saturated carbocycles. The monoisotopic (exact) mass is 260 g/mol. The molecule has 3 rings (SSSR count). The lowest BCUT2D eigenvalue weighted by molar-refractivity contribution is 0.0986. The minimum atomic E-state index is -0.383. The summed E-state index contributed by atoms with van der Waals surface area (Å²) in [6, 6.07) is 4.00. The van der Waals surface area contributed by atoms with Crippen molar-refractivity contribution < 1.29 is 9.63 Å². The average Bonchev–Trinajstić information content (AvgIpc) is 2.81. The summed E-state index contributed by atoms with van der Waals surface area (Å²) in [5.74, 6) is 1.61. The second-order valence-electron chi connectivity index (χ2n) is 6.38. The number of aromatic nitrogens is 2. The van der Waals surface area contributed by atoms with E-state index in [1.54, 1.807) is 0 Å². The van der Waals surface area contributed by atoms with Gasteiger partial charge in [-0.2, -0.15) is 0 Å². The highest BCUT2D eigenvalue weighted by Gasteiger charge is 2.34. The maximum atomic E-state index is 10.3. The molecule has 1 unspecified atom stereocenters. The van der Waals surface area contributed by atoms with E-state index in [1.165, 1.54) is 0 Å². The first-order valence-corrected chi connectivity index (χ1v) is 6.70. The smallest absolute Gasteiger partial charge is 0.180 e. The lowest BCUT2D eigenvalue weighted by atomic mass is 9.75. The molecule has 0 fully saturated rings. The van der Waals surface area contributed by atoms with E-state index in [0.717, 1.165) is 41.4 Å². The average molecular weight is 260 g/mol. The molecule has 2 aromatic rings. The van der Waals surface area contributed by atoms with Crippen LogP contribution in [0.25, 0.3) is 5.82 Å². The number of aryl methyl sites for hydroxylation is 2. The van der Waals surface area contributed by atoms with Gasteiger partial charge in [-0.15, -0.1) is 0 Å². The van der Waals surface area contributed by atoms with Gasteiger partial charge in [-0.25, -0.2) is 0 Å². The standard InChI is InChI=1S/C15H20N2O2/c1-9-5-11-12(7-15(3,4)8-13(11)18)17(9)14-6-10(2)19-16-14/h5-6,13,18H,7-8H2,1-4H3. The van der Waals surface area contributed by atoms with Crippen molar-refractivity contribution in [2.75, 3.05) is 0 Å². The van der Waals surface area contributed by atoms with Crippen LogP contribution in [0.2, 0.25) is 0 Å². The molecule has 19 heavy (non-hydrogen) atoms. The molecule has 0 bridgehead atoms. The summed E-state index contributed by atoms with van der Waals surface area (Å²) < 4.78 is 7.29. The first kappa shape index (κ1) is 12.5. The predicted molar refractivity (Wildman–Crippen MR) is 72.4 cm³/mol. The molecule has 1 atom stereocenters. The van der Waals surface area contributed by atoms with E-state index < -0.39 is 0 Å². The van der Waals surface area contributed by atoms with Crippen molar-refractivity contribution in [3.63, 3.8) is 0 Å². The summed E-state index contributed by atoms with van der Waals surface area (Å²) in [7, 11) is 0. The Labute approximate surface area is 113 Å². The van der Waals surface area contributed by atoms with Crippen LogP contribution < -0.4 is 0 Å². The first-order chi connectivity index (χ1) is 8.87. The number of aliphatic hydroxyl groups is 1. The van der Waals surface area contributed by atoms with Crippen molar-refractivity contribution in [1.29, 1.82) is 0 Å². The molecule has 0 radical (unpaired) electrons. The third-order valence-electron chi connectivity index (χ3n) is 3.92. The fourth-order valence-corrected chi connectivity index (χ4v) is 3.12. The van der Waals surface area contributed by atoms with Gasteiger partial charge in [0.15, 0.2) is 5.82 Å². The van der Waals surface area contributed by atoms with Gasteiger partial charge >= 0.3 is 0 Å². The Morgan fingerprint density at radius 3 is 2.74 bits per heavy atom. The lowest BCUT2D eigenvalue weighted by Gasteiger charge is -2.33.